The summed E-state index contributed by atoms with van der Waals surface area (Å²) in [5.74, 6) is 5.53. The molecule has 0 aliphatic heterocycles. The largest absolute Gasteiger partial charge is 0.271 e. The molecule has 0 fully saturated rings. The maximum absolute atomic E-state index is 13.3. The zero-order valence-corrected chi connectivity index (χ0v) is 12.6. The molecule has 3 rings (SSSR count). The van der Waals surface area contributed by atoms with Crippen LogP contribution in [-0.2, 0) is 6.42 Å². The molecular formula is C17H17FN2S. The lowest BCUT2D eigenvalue weighted by Crippen LogP contribution is -2.28. The van der Waals surface area contributed by atoms with E-state index in [1.165, 1.54) is 11.6 Å². The van der Waals surface area contributed by atoms with Gasteiger partial charge >= 0.3 is 0 Å². The molecule has 1 atom stereocenters. The van der Waals surface area contributed by atoms with Crippen LogP contribution in [0, 0.1) is 5.82 Å². The summed E-state index contributed by atoms with van der Waals surface area (Å²) < 4.78 is 14.2. The van der Waals surface area contributed by atoms with Crippen LogP contribution in [0.3, 0.4) is 0 Å². The minimum Gasteiger partial charge on any atom is -0.271 e. The SMILES string of the molecule is CCc1ccc(C(NN)c2cc3ccc(F)cc3s2)cc1. The van der Waals surface area contributed by atoms with Gasteiger partial charge in [0.2, 0.25) is 0 Å². The van der Waals surface area contributed by atoms with Gasteiger partial charge in [-0.1, -0.05) is 37.3 Å². The molecule has 2 aromatic carbocycles. The molecule has 4 heteroatoms. The molecule has 0 spiro atoms. The normalized spacial score (nSPS) is 12.7. The van der Waals surface area contributed by atoms with Gasteiger partial charge in [-0.2, -0.15) is 0 Å². The fraction of sp³-hybridized carbons (Fsp3) is 0.176. The number of fused-ring (bicyclic) bond motifs is 1. The highest BCUT2D eigenvalue weighted by molar-refractivity contribution is 7.19. The Labute approximate surface area is 127 Å². The van der Waals surface area contributed by atoms with E-state index in [1.54, 1.807) is 23.5 Å². The Kier molecular flexibility index (Phi) is 4.01. The van der Waals surface area contributed by atoms with E-state index in [0.29, 0.717) is 0 Å². The van der Waals surface area contributed by atoms with E-state index < -0.39 is 0 Å². The Balaban J connectivity index is 2.00. The molecule has 0 saturated carbocycles. The van der Waals surface area contributed by atoms with E-state index in [-0.39, 0.29) is 11.9 Å². The first-order valence-electron chi connectivity index (χ1n) is 6.95. The molecule has 0 aliphatic carbocycles. The molecule has 108 valence electrons. The van der Waals surface area contributed by atoms with Crippen molar-refractivity contribution in [1.29, 1.82) is 0 Å². The van der Waals surface area contributed by atoms with Crippen LogP contribution >= 0.6 is 11.3 Å². The zero-order chi connectivity index (χ0) is 14.8. The predicted molar refractivity (Wildman–Crippen MR) is 86.8 cm³/mol. The van der Waals surface area contributed by atoms with Gasteiger partial charge in [0, 0.05) is 9.58 Å². The quantitative estimate of drug-likeness (QED) is 0.561. The number of aryl methyl sites for hydroxylation is 1. The number of nitrogens with one attached hydrogen (secondary N) is 1. The zero-order valence-electron chi connectivity index (χ0n) is 11.8. The van der Waals surface area contributed by atoms with Crippen molar-refractivity contribution >= 4 is 21.4 Å². The molecule has 0 bridgehead atoms. The van der Waals surface area contributed by atoms with Crippen molar-refractivity contribution in [1.82, 2.24) is 5.43 Å². The summed E-state index contributed by atoms with van der Waals surface area (Å²) >= 11 is 1.57. The maximum atomic E-state index is 13.3. The average Bonchev–Trinajstić information content (AvgIpc) is 2.91. The van der Waals surface area contributed by atoms with Crippen molar-refractivity contribution in [3.05, 3.63) is 70.4 Å². The van der Waals surface area contributed by atoms with E-state index in [9.17, 15) is 4.39 Å². The Morgan fingerprint density at radius 3 is 2.57 bits per heavy atom. The lowest BCUT2D eigenvalue weighted by atomic mass is 10.0. The fourth-order valence-corrected chi connectivity index (χ4v) is 3.63. The van der Waals surface area contributed by atoms with Crippen molar-refractivity contribution in [3.8, 4) is 0 Å². The Bertz CT molecular complexity index is 749. The predicted octanol–water partition coefficient (Wildman–Crippen LogP) is 4.16. The van der Waals surface area contributed by atoms with Crippen LogP contribution < -0.4 is 11.3 Å². The molecule has 1 aromatic heterocycles. The second-order valence-electron chi connectivity index (χ2n) is 5.03. The summed E-state index contributed by atoms with van der Waals surface area (Å²) in [6.45, 7) is 2.13. The second kappa shape index (κ2) is 5.93. The van der Waals surface area contributed by atoms with Crippen LogP contribution in [0.15, 0.2) is 48.5 Å². The van der Waals surface area contributed by atoms with Crippen LogP contribution in [-0.4, -0.2) is 0 Å². The van der Waals surface area contributed by atoms with Crippen LogP contribution in [0.25, 0.3) is 10.1 Å². The third-order valence-corrected chi connectivity index (χ3v) is 4.84. The van der Waals surface area contributed by atoms with E-state index >= 15 is 0 Å². The molecule has 3 aromatic rings. The van der Waals surface area contributed by atoms with Gasteiger partial charge in [0.1, 0.15) is 5.82 Å². The van der Waals surface area contributed by atoms with Crippen LogP contribution in [0.4, 0.5) is 4.39 Å². The lowest BCUT2D eigenvalue weighted by molar-refractivity contribution is 0.630. The Morgan fingerprint density at radius 1 is 1.14 bits per heavy atom. The van der Waals surface area contributed by atoms with Crippen molar-refractivity contribution in [2.24, 2.45) is 5.84 Å². The summed E-state index contributed by atoms with van der Waals surface area (Å²) in [6.07, 6.45) is 1.02. The topological polar surface area (TPSA) is 38.0 Å². The van der Waals surface area contributed by atoms with Gasteiger partial charge < -0.3 is 0 Å². The summed E-state index contributed by atoms with van der Waals surface area (Å²) in [5, 5.41) is 1.04. The van der Waals surface area contributed by atoms with Crippen molar-refractivity contribution < 1.29 is 4.39 Å². The molecule has 1 unspecified atom stereocenters. The highest BCUT2D eigenvalue weighted by Gasteiger charge is 2.15. The summed E-state index contributed by atoms with van der Waals surface area (Å²) in [4.78, 5) is 1.09. The van der Waals surface area contributed by atoms with E-state index in [2.05, 4.69) is 42.7 Å². The number of hydrogen-bond acceptors (Lipinski definition) is 3. The van der Waals surface area contributed by atoms with Gasteiger partial charge in [-0.3, -0.25) is 5.84 Å². The smallest absolute Gasteiger partial charge is 0.124 e. The van der Waals surface area contributed by atoms with Crippen molar-refractivity contribution in [2.75, 3.05) is 0 Å². The maximum Gasteiger partial charge on any atom is 0.124 e. The second-order valence-corrected chi connectivity index (χ2v) is 6.14. The van der Waals surface area contributed by atoms with Gasteiger partial charge in [0.05, 0.1) is 6.04 Å². The first-order valence-corrected chi connectivity index (χ1v) is 7.77. The van der Waals surface area contributed by atoms with Crippen molar-refractivity contribution in [3.63, 3.8) is 0 Å². The fourth-order valence-electron chi connectivity index (χ4n) is 2.46. The number of thiophene rings is 1. The molecule has 3 N–H and O–H groups in total. The number of halogens is 1. The van der Waals surface area contributed by atoms with Crippen LogP contribution in [0.2, 0.25) is 0 Å². The summed E-state index contributed by atoms with van der Waals surface area (Å²) in [5.41, 5.74) is 5.28. The van der Waals surface area contributed by atoms with Crippen molar-refractivity contribution in [2.45, 2.75) is 19.4 Å². The molecular weight excluding hydrogens is 283 g/mol. The van der Waals surface area contributed by atoms with E-state index in [1.807, 2.05) is 0 Å². The minimum atomic E-state index is -0.208. The van der Waals surface area contributed by atoms with Gasteiger partial charge in [-0.05, 0) is 41.1 Å². The molecule has 21 heavy (non-hydrogen) atoms. The molecule has 0 aliphatic rings. The molecule has 0 radical (unpaired) electrons. The Hall–Kier alpha value is -1.75. The van der Waals surface area contributed by atoms with Gasteiger partial charge in [0.15, 0.2) is 0 Å². The van der Waals surface area contributed by atoms with Crippen LogP contribution in [0.1, 0.15) is 29.0 Å². The van der Waals surface area contributed by atoms with Gasteiger partial charge in [0.25, 0.3) is 0 Å². The number of hydrazine groups is 1. The summed E-state index contributed by atoms with van der Waals surface area (Å²) in [6, 6.07) is 15.3. The van der Waals surface area contributed by atoms with E-state index in [4.69, 9.17) is 5.84 Å². The summed E-state index contributed by atoms with van der Waals surface area (Å²) in [7, 11) is 0. The highest BCUT2D eigenvalue weighted by Crippen LogP contribution is 2.33. The highest BCUT2D eigenvalue weighted by atomic mass is 32.1. The van der Waals surface area contributed by atoms with Crippen LogP contribution in [0.5, 0.6) is 0 Å². The Morgan fingerprint density at radius 2 is 1.90 bits per heavy atom. The number of rotatable bonds is 4. The average molecular weight is 300 g/mol. The third-order valence-electron chi connectivity index (χ3n) is 3.67. The molecule has 0 amide bonds. The number of hydrogen-bond donors (Lipinski definition) is 2. The number of nitrogens with two attached hydrogens (primary N) is 1. The van der Waals surface area contributed by atoms with Gasteiger partial charge in [-0.25, -0.2) is 9.82 Å². The lowest BCUT2D eigenvalue weighted by Gasteiger charge is -2.15. The first-order chi connectivity index (χ1) is 10.2. The standard InChI is InChI=1S/C17H17FN2S/c1-2-11-3-5-12(6-4-11)17(20-19)16-9-13-7-8-14(18)10-15(13)21-16/h3-10,17,20H,2,19H2,1H3. The van der Waals surface area contributed by atoms with E-state index in [0.717, 1.165) is 26.9 Å². The molecule has 0 saturated heterocycles. The third kappa shape index (κ3) is 2.83. The molecule has 1 heterocycles. The van der Waals surface area contributed by atoms with Gasteiger partial charge in [-0.15, -0.1) is 11.3 Å². The number of benzene rings is 2. The minimum absolute atomic E-state index is 0.0728. The molecule has 2 nitrogen and oxygen atoms in total. The monoisotopic (exact) mass is 300 g/mol. The first kappa shape index (κ1) is 14.2.